The lowest BCUT2D eigenvalue weighted by Gasteiger charge is -2.26. The SMILES string of the molecule is Cc1ccc(-c2nc3ccccc3c(=O)n2C2CCCCC2)cc1. The number of benzene rings is 2. The molecule has 0 saturated heterocycles. The fraction of sp³-hybridized carbons (Fsp3) is 0.333. The monoisotopic (exact) mass is 318 g/mol. The first-order valence-corrected chi connectivity index (χ1v) is 8.82. The van der Waals surface area contributed by atoms with Gasteiger partial charge in [-0.15, -0.1) is 0 Å². The molecular formula is C21H22N2O. The number of nitrogens with zero attached hydrogens (tertiary/aromatic N) is 2. The first kappa shape index (κ1) is 15.1. The van der Waals surface area contributed by atoms with E-state index < -0.39 is 0 Å². The van der Waals surface area contributed by atoms with Crippen molar-refractivity contribution in [2.24, 2.45) is 0 Å². The normalized spacial score (nSPS) is 15.7. The van der Waals surface area contributed by atoms with Gasteiger partial charge in [-0.2, -0.15) is 0 Å². The summed E-state index contributed by atoms with van der Waals surface area (Å²) in [6.07, 6.45) is 5.79. The fourth-order valence-corrected chi connectivity index (χ4v) is 3.73. The quantitative estimate of drug-likeness (QED) is 0.675. The number of fused-ring (bicyclic) bond motifs is 1. The number of hydrogen-bond donors (Lipinski definition) is 0. The average molecular weight is 318 g/mol. The van der Waals surface area contributed by atoms with Gasteiger partial charge in [0.2, 0.25) is 0 Å². The predicted molar refractivity (Wildman–Crippen MR) is 98.3 cm³/mol. The first-order chi connectivity index (χ1) is 11.7. The summed E-state index contributed by atoms with van der Waals surface area (Å²) in [5.74, 6) is 0.811. The zero-order chi connectivity index (χ0) is 16.5. The van der Waals surface area contributed by atoms with Gasteiger partial charge in [-0.1, -0.05) is 61.2 Å². The molecule has 0 atom stereocenters. The van der Waals surface area contributed by atoms with Crippen LogP contribution in [0.2, 0.25) is 0 Å². The van der Waals surface area contributed by atoms with Gasteiger partial charge in [0.05, 0.1) is 10.9 Å². The molecule has 3 aromatic rings. The molecule has 24 heavy (non-hydrogen) atoms. The van der Waals surface area contributed by atoms with E-state index in [-0.39, 0.29) is 11.6 Å². The van der Waals surface area contributed by atoms with Crippen LogP contribution in [0.5, 0.6) is 0 Å². The largest absolute Gasteiger partial charge is 0.289 e. The van der Waals surface area contributed by atoms with Gasteiger partial charge in [-0.05, 0) is 31.9 Å². The lowest BCUT2D eigenvalue weighted by Crippen LogP contribution is -2.29. The highest BCUT2D eigenvalue weighted by Crippen LogP contribution is 2.31. The van der Waals surface area contributed by atoms with E-state index in [1.54, 1.807) is 0 Å². The Morgan fingerprint density at radius 2 is 1.67 bits per heavy atom. The van der Waals surface area contributed by atoms with Crippen LogP contribution in [-0.2, 0) is 0 Å². The zero-order valence-corrected chi connectivity index (χ0v) is 14.0. The third-order valence-corrected chi connectivity index (χ3v) is 5.06. The van der Waals surface area contributed by atoms with Crippen molar-refractivity contribution in [2.45, 2.75) is 45.1 Å². The molecule has 4 rings (SSSR count). The fourth-order valence-electron chi connectivity index (χ4n) is 3.73. The maximum absolute atomic E-state index is 13.2. The second kappa shape index (κ2) is 6.23. The second-order valence-corrected chi connectivity index (χ2v) is 6.79. The third kappa shape index (κ3) is 2.64. The van der Waals surface area contributed by atoms with E-state index in [4.69, 9.17) is 4.98 Å². The molecule has 3 nitrogen and oxygen atoms in total. The topological polar surface area (TPSA) is 34.9 Å². The van der Waals surface area contributed by atoms with Gasteiger partial charge in [-0.25, -0.2) is 4.98 Å². The van der Waals surface area contributed by atoms with Crippen LogP contribution in [0, 0.1) is 6.92 Å². The number of hydrogen-bond acceptors (Lipinski definition) is 2. The van der Waals surface area contributed by atoms with Crippen molar-refractivity contribution in [2.75, 3.05) is 0 Å². The van der Waals surface area contributed by atoms with Gasteiger partial charge >= 0.3 is 0 Å². The van der Waals surface area contributed by atoms with Crippen molar-refractivity contribution >= 4 is 10.9 Å². The van der Waals surface area contributed by atoms with Gasteiger partial charge in [0.25, 0.3) is 5.56 Å². The molecule has 122 valence electrons. The Morgan fingerprint density at radius 1 is 0.958 bits per heavy atom. The summed E-state index contributed by atoms with van der Waals surface area (Å²) in [7, 11) is 0. The van der Waals surface area contributed by atoms with Crippen LogP contribution >= 0.6 is 0 Å². The van der Waals surface area contributed by atoms with Crippen molar-refractivity contribution < 1.29 is 0 Å². The zero-order valence-electron chi connectivity index (χ0n) is 14.0. The highest BCUT2D eigenvalue weighted by atomic mass is 16.1. The molecule has 0 bridgehead atoms. The van der Waals surface area contributed by atoms with Crippen molar-refractivity contribution in [1.29, 1.82) is 0 Å². The van der Waals surface area contributed by atoms with Gasteiger partial charge < -0.3 is 0 Å². The molecule has 0 spiro atoms. The molecule has 1 heterocycles. The summed E-state index contributed by atoms with van der Waals surface area (Å²) in [4.78, 5) is 18.1. The van der Waals surface area contributed by atoms with Crippen molar-refractivity contribution in [3.63, 3.8) is 0 Å². The predicted octanol–water partition coefficient (Wildman–Crippen LogP) is 4.88. The lowest BCUT2D eigenvalue weighted by molar-refractivity contribution is 0.348. The van der Waals surface area contributed by atoms with E-state index in [1.165, 1.54) is 24.8 Å². The number of rotatable bonds is 2. The van der Waals surface area contributed by atoms with Gasteiger partial charge in [0.1, 0.15) is 5.82 Å². The van der Waals surface area contributed by atoms with E-state index >= 15 is 0 Å². The van der Waals surface area contributed by atoms with E-state index in [1.807, 2.05) is 28.8 Å². The molecule has 2 aromatic carbocycles. The highest BCUT2D eigenvalue weighted by Gasteiger charge is 2.22. The van der Waals surface area contributed by atoms with E-state index in [2.05, 4.69) is 31.2 Å². The van der Waals surface area contributed by atoms with Crippen LogP contribution < -0.4 is 5.56 Å². The van der Waals surface area contributed by atoms with Crippen LogP contribution in [0.3, 0.4) is 0 Å². The number of aryl methyl sites for hydroxylation is 1. The Kier molecular flexibility index (Phi) is 3.93. The molecule has 0 unspecified atom stereocenters. The highest BCUT2D eigenvalue weighted by molar-refractivity contribution is 5.79. The summed E-state index contributed by atoms with van der Waals surface area (Å²) in [6, 6.07) is 16.3. The van der Waals surface area contributed by atoms with Crippen molar-refractivity contribution in [3.8, 4) is 11.4 Å². The minimum absolute atomic E-state index is 0.100. The van der Waals surface area contributed by atoms with Crippen LogP contribution in [-0.4, -0.2) is 9.55 Å². The Bertz CT molecular complexity index is 919. The lowest BCUT2D eigenvalue weighted by atomic mass is 9.94. The molecule has 3 heteroatoms. The summed E-state index contributed by atoms with van der Waals surface area (Å²) < 4.78 is 1.96. The molecule has 0 aliphatic heterocycles. The van der Waals surface area contributed by atoms with E-state index in [0.29, 0.717) is 0 Å². The average Bonchev–Trinajstić information content (AvgIpc) is 2.63. The standard InChI is InChI=1S/C21H22N2O/c1-15-11-13-16(14-12-15)20-22-19-10-6-5-9-18(19)21(24)23(20)17-7-3-2-4-8-17/h5-6,9-14,17H,2-4,7-8H2,1H3. The molecule has 0 amide bonds. The maximum atomic E-state index is 13.2. The van der Waals surface area contributed by atoms with Crippen LogP contribution in [0.4, 0.5) is 0 Å². The smallest absolute Gasteiger partial charge is 0.261 e. The summed E-state index contributed by atoms with van der Waals surface area (Å²) >= 11 is 0. The van der Waals surface area contributed by atoms with Gasteiger partial charge in [0.15, 0.2) is 0 Å². The molecule has 1 fully saturated rings. The van der Waals surface area contributed by atoms with E-state index in [9.17, 15) is 4.79 Å². The molecular weight excluding hydrogens is 296 g/mol. The molecule has 0 N–H and O–H groups in total. The Balaban J connectivity index is 1.98. The minimum Gasteiger partial charge on any atom is -0.289 e. The number of aromatic nitrogens is 2. The van der Waals surface area contributed by atoms with Gasteiger partial charge in [0, 0.05) is 11.6 Å². The molecule has 1 aromatic heterocycles. The first-order valence-electron chi connectivity index (χ1n) is 8.82. The number of para-hydroxylation sites is 1. The molecule has 1 aliphatic carbocycles. The Morgan fingerprint density at radius 3 is 2.42 bits per heavy atom. The van der Waals surface area contributed by atoms with Crippen LogP contribution in [0.25, 0.3) is 22.3 Å². The van der Waals surface area contributed by atoms with Crippen LogP contribution in [0.1, 0.15) is 43.7 Å². The van der Waals surface area contributed by atoms with Crippen molar-refractivity contribution in [1.82, 2.24) is 9.55 Å². The Labute approximate surface area is 142 Å². The molecule has 1 aliphatic rings. The second-order valence-electron chi connectivity index (χ2n) is 6.79. The minimum atomic E-state index is 0.100. The van der Waals surface area contributed by atoms with Crippen LogP contribution in [0.15, 0.2) is 53.3 Å². The Hall–Kier alpha value is -2.42. The molecule has 1 saturated carbocycles. The summed E-state index contributed by atoms with van der Waals surface area (Å²) in [5, 5.41) is 0.721. The maximum Gasteiger partial charge on any atom is 0.261 e. The molecule has 0 radical (unpaired) electrons. The summed E-state index contributed by atoms with van der Waals surface area (Å²) in [5.41, 5.74) is 3.12. The van der Waals surface area contributed by atoms with Gasteiger partial charge in [-0.3, -0.25) is 9.36 Å². The van der Waals surface area contributed by atoms with E-state index in [0.717, 1.165) is 35.1 Å². The third-order valence-electron chi connectivity index (χ3n) is 5.06. The van der Waals surface area contributed by atoms with Crippen molar-refractivity contribution in [3.05, 3.63) is 64.4 Å². The summed E-state index contributed by atoms with van der Waals surface area (Å²) in [6.45, 7) is 2.08.